The number of aliphatic hydroxyl groups is 1. The van der Waals surface area contributed by atoms with Crippen LogP contribution in [0.4, 0.5) is 0 Å². The van der Waals surface area contributed by atoms with E-state index in [0.717, 1.165) is 0 Å². The van der Waals surface area contributed by atoms with Crippen molar-refractivity contribution >= 4 is 18.5 Å². The molecule has 72 valence electrons. The number of aliphatic hydroxyl groups excluding tert-OH is 1. The highest BCUT2D eigenvalue weighted by molar-refractivity contribution is 7.81. The van der Waals surface area contributed by atoms with Crippen molar-refractivity contribution in [2.24, 2.45) is 5.73 Å². The van der Waals surface area contributed by atoms with Gasteiger partial charge in [-0.15, -0.1) is 12.6 Å². The van der Waals surface area contributed by atoms with Gasteiger partial charge in [0.25, 0.3) is 0 Å². The Balaban J connectivity index is 2.74. The number of allylic oxidation sites excluding steroid dienone is 2. The second-order valence-electron chi connectivity index (χ2n) is 2.66. The van der Waals surface area contributed by atoms with Gasteiger partial charge in [-0.25, -0.2) is 0 Å². The van der Waals surface area contributed by atoms with Gasteiger partial charge in [0.15, 0.2) is 0 Å². The minimum absolute atomic E-state index is 0.0213. The van der Waals surface area contributed by atoms with Crippen molar-refractivity contribution in [3.63, 3.8) is 0 Å². The van der Waals surface area contributed by atoms with Crippen LogP contribution in [0.25, 0.3) is 0 Å². The van der Waals surface area contributed by atoms with E-state index < -0.39 is 5.91 Å². The van der Waals surface area contributed by atoms with Gasteiger partial charge in [-0.05, 0) is 12.2 Å². The molecule has 1 rings (SSSR count). The van der Waals surface area contributed by atoms with Crippen LogP contribution in [0.15, 0.2) is 23.9 Å². The van der Waals surface area contributed by atoms with E-state index in [1.165, 1.54) is 0 Å². The molecule has 1 atom stereocenters. The molecule has 0 saturated carbocycles. The number of hydrogen-bond donors (Lipinski definition) is 3. The molecule has 0 aromatic rings. The first kappa shape index (κ1) is 10.1. The van der Waals surface area contributed by atoms with Crippen molar-refractivity contribution in [1.82, 2.24) is 4.90 Å². The third kappa shape index (κ3) is 2.26. The van der Waals surface area contributed by atoms with Gasteiger partial charge < -0.3 is 15.7 Å². The number of nitrogens with two attached hydrogens (primary N) is 1. The number of nitrogens with zero attached hydrogens (tertiary/aromatic N) is 1. The maximum Gasteiger partial charge on any atom is 0.247 e. The van der Waals surface area contributed by atoms with Gasteiger partial charge in [0.2, 0.25) is 5.91 Å². The van der Waals surface area contributed by atoms with Crippen molar-refractivity contribution in [1.29, 1.82) is 0 Å². The lowest BCUT2D eigenvalue weighted by molar-refractivity contribution is -0.114. The second kappa shape index (κ2) is 4.34. The average molecular weight is 200 g/mol. The SMILES string of the molecule is NC(=O)C1=CC=CN(CCO)C1S. The molecule has 1 aliphatic rings. The van der Waals surface area contributed by atoms with Crippen molar-refractivity contribution < 1.29 is 9.90 Å². The molecule has 0 radical (unpaired) electrons. The van der Waals surface area contributed by atoms with Gasteiger partial charge in [-0.3, -0.25) is 4.79 Å². The van der Waals surface area contributed by atoms with Crippen molar-refractivity contribution in [3.05, 3.63) is 23.9 Å². The number of β-amino-alcohol motifs (C(OH)–C–C–N with tert-alkyl or cyclic N) is 1. The summed E-state index contributed by atoms with van der Waals surface area (Å²) in [6.07, 6.45) is 5.11. The fourth-order valence-corrected chi connectivity index (χ4v) is 1.53. The molecule has 0 aliphatic carbocycles. The van der Waals surface area contributed by atoms with Crippen LogP contribution in [0.5, 0.6) is 0 Å². The Morgan fingerprint density at radius 2 is 2.46 bits per heavy atom. The van der Waals surface area contributed by atoms with Crippen LogP contribution in [0, 0.1) is 0 Å². The van der Waals surface area contributed by atoms with E-state index in [-0.39, 0.29) is 12.0 Å². The van der Waals surface area contributed by atoms with Crippen LogP contribution in [-0.2, 0) is 4.79 Å². The van der Waals surface area contributed by atoms with E-state index in [2.05, 4.69) is 12.6 Å². The molecule has 0 fully saturated rings. The predicted molar refractivity (Wildman–Crippen MR) is 53.0 cm³/mol. The summed E-state index contributed by atoms with van der Waals surface area (Å²) in [5.41, 5.74) is 5.58. The molecule has 1 aliphatic heterocycles. The lowest BCUT2D eigenvalue weighted by Gasteiger charge is -2.29. The van der Waals surface area contributed by atoms with E-state index in [1.807, 2.05) is 0 Å². The smallest absolute Gasteiger partial charge is 0.247 e. The molecule has 13 heavy (non-hydrogen) atoms. The number of thiol groups is 1. The predicted octanol–water partition coefficient (Wildman–Crippen LogP) is -0.524. The Morgan fingerprint density at radius 1 is 1.77 bits per heavy atom. The van der Waals surface area contributed by atoms with Gasteiger partial charge in [0, 0.05) is 18.3 Å². The van der Waals surface area contributed by atoms with Crippen molar-refractivity contribution in [3.8, 4) is 0 Å². The second-order valence-corrected chi connectivity index (χ2v) is 3.15. The van der Waals surface area contributed by atoms with E-state index in [9.17, 15) is 4.79 Å². The van der Waals surface area contributed by atoms with Gasteiger partial charge >= 0.3 is 0 Å². The minimum atomic E-state index is -0.479. The van der Waals surface area contributed by atoms with Gasteiger partial charge in [0.1, 0.15) is 5.37 Å². The summed E-state index contributed by atoms with van der Waals surface area (Å²) in [7, 11) is 0. The average Bonchev–Trinajstić information content (AvgIpc) is 2.08. The number of amides is 1. The Hall–Kier alpha value is -0.940. The minimum Gasteiger partial charge on any atom is -0.395 e. The molecular weight excluding hydrogens is 188 g/mol. The maximum atomic E-state index is 10.9. The maximum absolute atomic E-state index is 10.9. The van der Waals surface area contributed by atoms with Gasteiger partial charge in [0.05, 0.1) is 6.61 Å². The molecule has 1 unspecified atom stereocenters. The molecule has 0 saturated heterocycles. The molecule has 0 bridgehead atoms. The molecule has 0 spiro atoms. The Bertz CT molecular complexity index is 263. The highest BCUT2D eigenvalue weighted by Gasteiger charge is 2.21. The summed E-state index contributed by atoms with van der Waals surface area (Å²) >= 11 is 4.22. The number of primary amides is 1. The zero-order chi connectivity index (χ0) is 9.84. The number of rotatable bonds is 3. The van der Waals surface area contributed by atoms with Crippen LogP contribution in [0.2, 0.25) is 0 Å². The van der Waals surface area contributed by atoms with E-state index in [0.29, 0.717) is 12.1 Å². The molecular formula is C8H12N2O2S. The highest BCUT2D eigenvalue weighted by atomic mass is 32.1. The largest absolute Gasteiger partial charge is 0.395 e. The molecule has 1 heterocycles. The normalized spacial score (nSPS) is 21.5. The topological polar surface area (TPSA) is 66.6 Å². The standard InChI is InChI=1S/C8H12N2O2S/c9-7(12)6-2-1-3-10(4-5-11)8(6)13/h1-3,8,11,13H,4-5H2,(H2,9,12). The van der Waals surface area contributed by atoms with Crippen molar-refractivity contribution in [2.45, 2.75) is 5.37 Å². The fraction of sp³-hybridized carbons (Fsp3) is 0.375. The molecule has 3 N–H and O–H groups in total. The fourth-order valence-electron chi connectivity index (χ4n) is 1.13. The quantitative estimate of drug-likeness (QED) is 0.537. The lowest BCUT2D eigenvalue weighted by Crippen LogP contribution is -2.36. The summed E-state index contributed by atoms with van der Waals surface area (Å²) in [5, 5.41) is 8.36. The molecule has 1 amide bonds. The molecule has 5 heteroatoms. The van der Waals surface area contributed by atoms with Gasteiger partial charge in [-0.1, -0.05) is 0 Å². The van der Waals surface area contributed by atoms with E-state index >= 15 is 0 Å². The Morgan fingerprint density at radius 3 is 3.00 bits per heavy atom. The highest BCUT2D eigenvalue weighted by Crippen LogP contribution is 2.18. The van der Waals surface area contributed by atoms with Crippen LogP contribution < -0.4 is 5.73 Å². The van der Waals surface area contributed by atoms with E-state index in [4.69, 9.17) is 10.8 Å². The summed E-state index contributed by atoms with van der Waals surface area (Å²) < 4.78 is 0. The zero-order valence-corrected chi connectivity index (χ0v) is 7.95. The number of hydrogen-bond acceptors (Lipinski definition) is 4. The van der Waals surface area contributed by atoms with Crippen LogP contribution in [-0.4, -0.2) is 34.4 Å². The van der Waals surface area contributed by atoms with Crippen molar-refractivity contribution in [2.75, 3.05) is 13.2 Å². The first-order chi connectivity index (χ1) is 6.16. The first-order valence-corrected chi connectivity index (χ1v) is 4.41. The Kier molecular flexibility index (Phi) is 3.39. The number of carbonyl (C=O) groups excluding carboxylic acids is 1. The third-order valence-corrected chi connectivity index (χ3v) is 2.36. The zero-order valence-electron chi connectivity index (χ0n) is 7.05. The molecule has 4 nitrogen and oxygen atoms in total. The monoisotopic (exact) mass is 200 g/mol. The van der Waals surface area contributed by atoms with Crippen LogP contribution in [0.3, 0.4) is 0 Å². The van der Waals surface area contributed by atoms with Crippen LogP contribution in [0.1, 0.15) is 0 Å². The summed E-state index contributed by atoms with van der Waals surface area (Å²) in [4.78, 5) is 12.6. The molecule has 0 aromatic carbocycles. The van der Waals surface area contributed by atoms with Crippen LogP contribution >= 0.6 is 12.6 Å². The lowest BCUT2D eigenvalue weighted by atomic mass is 10.1. The summed E-state index contributed by atoms with van der Waals surface area (Å²) in [6, 6.07) is 0. The van der Waals surface area contributed by atoms with E-state index in [1.54, 1.807) is 23.3 Å². The third-order valence-electron chi connectivity index (χ3n) is 1.79. The first-order valence-electron chi connectivity index (χ1n) is 3.89. The summed E-state index contributed by atoms with van der Waals surface area (Å²) in [6.45, 7) is 0.461. The number of carbonyl (C=O) groups is 1. The van der Waals surface area contributed by atoms with Gasteiger partial charge in [-0.2, -0.15) is 0 Å². The summed E-state index contributed by atoms with van der Waals surface area (Å²) in [5.74, 6) is -0.479. The molecule has 0 aromatic heterocycles. The Labute approximate surface area is 82.1 Å².